The monoisotopic (exact) mass is 122 g/mol. The number of hydrogen-bond acceptors (Lipinski definition) is 6. The fourth-order valence-corrected chi connectivity index (χ4v) is 0.177. The van der Waals surface area contributed by atoms with Gasteiger partial charge in [0, 0.05) is 5.04 Å². The summed E-state index contributed by atoms with van der Waals surface area (Å²) in [6.45, 7) is -0.334. The minimum absolute atomic E-state index is 0.334. The number of carbonyl (C=O) groups is 1. The fraction of sp³-hybridized carbons (Fsp3) is 0.500. The van der Waals surface area contributed by atoms with Crippen molar-refractivity contribution >= 4 is 6.16 Å². The fourth-order valence-electron chi connectivity index (χ4n) is 0.177. The molecule has 46 valence electrons. The van der Waals surface area contributed by atoms with Gasteiger partial charge in [0.25, 0.3) is 0 Å². The van der Waals surface area contributed by atoms with Crippen molar-refractivity contribution in [1.82, 2.24) is 0 Å². The molecule has 8 heavy (non-hydrogen) atoms. The van der Waals surface area contributed by atoms with Crippen molar-refractivity contribution in [3.05, 3.63) is 0 Å². The molecule has 0 aromatic carbocycles. The van der Waals surface area contributed by atoms with Gasteiger partial charge in [-0.25, -0.2) is 9.68 Å². The second kappa shape index (κ2) is 2.46. The summed E-state index contributed by atoms with van der Waals surface area (Å²) in [6, 6.07) is 0. The van der Waals surface area contributed by atoms with Crippen LogP contribution in [0.5, 0.6) is 0 Å². The van der Waals surface area contributed by atoms with Crippen LogP contribution in [0.25, 0.3) is 0 Å². The number of rotatable bonds is 0. The molecule has 6 nitrogen and oxygen atoms in total. The Morgan fingerprint density at radius 3 is 3.12 bits per heavy atom. The summed E-state index contributed by atoms with van der Waals surface area (Å²) >= 11 is 0. The van der Waals surface area contributed by atoms with E-state index in [4.69, 9.17) is 0 Å². The van der Waals surface area contributed by atoms with E-state index in [0.717, 1.165) is 0 Å². The summed E-state index contributed by atoms with van der Waals surface area (Å²) in [5, 5.41) is 7.31. The third-order valence-corrected chi connectivity index (χ3v) is 0.403. The third-order valence-electron chi connectivity index (χ3n) is 0.403. The van der Waals surface area contributed by atoms with Gasteiger partial charge in [-0.1, -0.05) is 0 Å². The van der Waals surface area contributed by atoms with E-state index in [1.807, 2.05) is 0 Å². The van der Waals surface area contributed by atoms with E-state index >= 15 is 0 Å². The van der Waals surface area contributed by atoms with Gasteiger partial charge in [-0.05, 0) is 5.04 Å². The van der Waals surface area contributed by atoms with E-state index in [-0.39, 0.29) is 6.79 Å². The van der Waals surface area contributed by atoms with Gasteiger partial charge >= 0.3 is 6.16 Å². The van der Waals surface area contributed by atoms with E-state index in [1.54, 1.807) is 0 Å². The molecule has 0 spiro atoms. The molecule has 1 heterocycles. The molecule has 1 saturated heterocycles. The molecular weight excluding hydrogens is 120 g/mol. The Morgan fingerprint density at radius 2 is 2.25 bits per heavy atom. The number of hydrogen-bond donors (Lipinski definition) is 0. The van der Waals surface area contributed by atoms with Crippen LogP contribution in [0.3, 0.4) is 0 Å². The summed E-state index contributed by atoms with van der Waals surface area (Å²) in [6.07, 6.45) is -0.998. The lowest BCUT2D eigenvalue weighted by Crippen LogP contribution is -2.02. The Morgan fingerprint density at radius 1 is 1.38 bits per heavy atom. The number of carbonyl (C=O) groups excluding carboxylic acids is 1. The largest absolute Gasteiger partial charge is 0.544 e. The van der Waals surface area contributed by atoms with Crippen LogP contribution in [0.2, 0.25) is 0 Å². The lowest BCUT2D eigenvalue weighted by atomic mass is 11.3. The standard InChI is InChI=1S/C2H2O6/c3-2-4-1-5-7-8-6-2/h1H2. The molecule has 0 amide bonds. The Balaban J connectivity index is 2.27. The zero-order valence-corrected chi connectivity index (χ0v) is 3.66. The zero-order chi connectivity index (χ0) is 5.82. The maximum atomic E-state index is 9.95. The highest BCUT2D eigenvalue weighted by molar-refractivity contribution is 5.58. The molecule has 0 aliphatic carbocycles. The Kier molecular flexibility index (Phi) is 1.62. The predicted octanol–water partition coefficient (Wildman–Crippen LogP) is -0.0945. The molecule has 0 radical (unpaired) electrons. The van der Waals surface area contributed by atoms with Gasteiger partial charge in [-0.2, -0.15) is 4.89 Å². The van der Waals surface area contributed by atoms with E-state index < -0.39 is 6.16 Å². The van der Waals surface area contributed by atoms with Gasteiger partial charge in [0.05, 0.1) is 0 Å². The van der Waals surface area contributed by atoms with Crippen LogP contribution in [0, 0.1) is 0 Å². The highest BCUT2D eigenvalue weighted by Gasteiger charge is 2.10. The second-order valence-electron chi connectivity index (χ2n) is 0.849. The minimum Gasteiger partial charge on any atom is -0.402 e. The molecule has 0 bridgehead atoms. The van der Waals surface area contributed by atoms with Crippen LogP contribution in [0.4, 0.5) is 4.79 Å². The van der Waals surface area contributed by atoms with Crippen molar-refractivity contribution in [2.75, 3.05) is 6.79 Å². The van der Waals surface area contributed by atoms with Gasteiger partial charge in [0.2, 0.25) is 6.79 Å². The molecule has 0 aromatic rings. The highest BCUT2D eigenvalue weighted by atomic mass is 17.7. The van der Waals surface area contributed by atoms with Crippen LogP contribution >= 0.6 is 0 Å². The van der Waals surface area contributed by atoms with Gasteiger partial charge in [0.15, 0.2) is 0 Å². The molecule has 1 aliphatic rings. The van der Waals surface area contributed by atoms with Crippen molar-refractivity contribution in [2.45, 2.75) is 0 Å². The first kappa shape index (κ1) is 5.29. The van der Waals surface area contributed by atoms with Crippen molar-refractivity contribution in [1.29, 1.82) is 0 Å². The van der Waals surface area contributed by atoms with E-state index in [2.05, 4.69) is 24.6 Å². The SMILES string of the molecule is O=C1OCOOOO1. The summed E-state index contributed by atoms with van der Waals surface area (Å²) in [4.78, 5) is 17.6. The van der Waals surface area contributed by atoms with Gasteiger partial charge in [0.1, 0.15) is 0 Å². The van der Waals surface area contributed by atoms with Crippen LogP contribution in [0.15, 0.2) is 0 Å². The van der Waals surface area contributed by atoms with Crippen LogP contribution in [0.1, 0.15) is 0 Å². The van der Waals surface area contributed by atoms with Crippen molar-refractivity contribution < 1.29 is 29.4 Å². The number of ether oxygens (including phenoxy) is 1. The van der Waals surface area contributed by atoms with E-state index in [1.165, 1.54) is 0 Å². The van der Waals surface area contributed by atoms with E-state index in [0.29, 0.717) is 0 Å². The van der Waals surface area contributed by atoms with Crippen molar-refractivity contribution in [2.24, 2.45) is 0 Å². The molecule has 6 heteroatoms. The predicted molar refractivity (Wildman–Crippen MR) is 15.7 cm³/mol. The average Bonchev–Trinajstić information content (AvgIpc) is 1.94. The Bertz CT molecular complexity index is 78.5. The van der Waals surface area contributed by atoms with Crippen LogP contribution < -0.4 is 0 Å². The van der Waals surface area contributed by atoms with Crippen molar-refractivity contribution in [3.63, 3.8) is 0 Å². The topological polar surface area (TPSA) is 63.2 Å². The second-order valence-corrected chi connectivity index (χ2v) is 0.849. The molecule has 0 atom stereocenters. The maximum absolute atomic E-state index is 9.95. The lowest BCUT2D eigenvalue weighted by Gasteiger charge is -1.87. The number of cyclic esters (lactones) is 1. The summed E-state index contributed by atoms with van der Waals surface area (Å²) in [7, 11) is 0. The molecule has 1 fully saturated rings. The summed E-state index contributed by atoms with van der Waals surface area (Å²) in [5.41, 5.74) is 0. The van der Waals surface area contributed by atoms with Crippen molar-refractivity contribution in [3.8, 4) is 0 Å². The zero-order valence-electron chi connectivity index (χ0n) is 3.66. The Hall–Kier alpha value is -0.850. The maximum Gasteiger partial charge on any atom is 0.544 e. The van der Waals surface area contributed by atoms with Crippen LogP contribution in [-0.4, -0.2) is 12.9 Å². The molecular formula is C2H2O6. The molecule has 0 aromatic heterocycles. The Labute approximate surface area is 43.6 Å². The molecule has 0 N–H and O–H groups in total. The smallest absolute Gasteiger partial charge is 0.402 e. The first-order valence-corrected chi connectivity index (χ1v) is 1.69. The lowest BCUT2D eigenvalue weighted by molar-refractivity contribution is -0.609. The molecule has 1 rings (SSSR count). The minimum atomic E-state index is -0.998. The molecule has 0 saturated carbocycles. The first-order valence-electron chi connectivity index (χ1n) is 1.69. The average molecular weight is 122 g/mol. The molecule has 1 aliphatic heterocycles. The van der Waals surface area contributed by atoms with Gasteiger partial charge in [-0.15, -0.1) is 0 Å². The quantitative estimate of drug-likeness (QED) is 0.330. The molecule has 0 unspecified atom stereocenters. The summed E-state index contributed by atoms with van der Waals surface area (Å²) < 4.78 is 4.07. The van der Waals surface area contributed by atoms with Gasteiger partial charge < -0.3 is 4.74 Å². The summed E-state index contributed by atoms with van der Waals surface area (Å²) in [5.74, 6) is 0. The third kappa shape index (κ3) is 1.34. The highest BCUT2D eigenvalue weighted by Crippen LogP contribution is 1.94. The van der Waals surface area contributed by atoms with Crippen LogP contribution in [-0.2, 0) is 24.6 Å². The first-order chi connectivity index (χ1) is 3.89. The normalized spacial score (nSPS) is 20.8. The van der Waals surface area contributed by atoms with Gasteiger partial charge in [-0.3, -0.25) is 0 Å². The van der Waals surface area contributed by atoms with E-state index in [9.17, 15) is 4.79 Å².